The highest BCUT2D eigenvalue weighted by Gasteiger charge is 2.07. The average Bonchev–Trinajstić information content (AvgIpc) is 2.06. The first-order valence-electron chi connectivity index (χ1n) is 2.91. The van der Waals surface area contributed by atoms with Crippen molar-refractivity contribution in [1.82, 2.24) is 0 Å². The van der Waals surface area contributed by atoms with Gasteiger partial charge in [-0.05, 0) is 28.1 Å². The molecule has 1 aromatic rings. The molecule has 0 fully saturated rings. The molecule has 0 radical (unpaired) electrons. The maximum absolute atomic E-state index is 4.15. The smallest absolute Gasteiger partial charge is 0.0942 e. The van der Waals surface area contributed by atoms with E-state index < -0.39 is 0 Å². The molecule has 11 heavy (non-hydrogen) atoms. The van der Waals surface area contributed by atoms with Gasteiger partial charge in [-0.3, -0.25) is 0 Å². The van der Waals surface area contributed by atoms with Crippen LogP contribution in [0.25, 0.3) is 0 Å². The molecule has 0 bridgehead atoms. The number of hydrogen-bond donors (Lipinski definition) is 0. The van der Waals surface area contributed by atoms with E-state index in [1.807, 2.05) is 18.2 Å². The Kier molecular flexibility index (Phi) is 2.11. The second kappa shape index (κ2) is 3.08. The highest BCUT2D eigenvalue weighted by molar-refractivity contribution is 9.10. The Labute approximate surface area is 80.5 Å². The SMILES string of the molecule is Brc1cccc2c1SN=S=N2. The summed E-state index contributed by atoms with van der Waals surface area (Å²) in [6, 6.07) is 5.94. The molecule has 2 nitrogen and oxygen atoms in total. The van der Waals surface area contributed by atoms with Gasteiger partial charge in [0, 0.05) is 16.4 Å². The summed E-state index contributed by atoms with van der Waals surface area (Å²) < 4.78 is 9.23. The first-order chi connectivity index (χ1) is 5.38. The molecule has 0 spiro atoms. The van der Waals surface area contributed by atoms with Crippen molar-refractivity contribution in [2.75, 3.05) is 0 Å². The zero-order valence-electron chi connectivity index (χ0n) is 5.32. The van der Waals surface area contributed by atoms with E-state index in [0.29, 0.717) is 0 Å². The van der Waals surface area contributed by atoms with E-state index in [1.54, 1.807) is 0 Å². The van der Waals surface area contributed by atoms with Gasteiger partial charge in [0.25, 0.3) is 0 Å². The van der Waals surface area contributed by atoms with Crippen LogP contribution in [0, 0.1) is 0 Å². The molecular formula is C6H3BrN2S2. The predicted octanol–water partition coefficient (Wildman–Crippen LogP) is 3.55. The normalized spacial score (nSPS) is 13.9. The van der Waals surface area contributed by atoms with Gasteiger partial charge in [0.05, 0.1) is 21.9 Å². The van der Waals surface area contributed by atoms with Crippen LogP contribution in [-0.2, 0) is 11.4 Å². The summed E-state index contributed by atoms with van der Waals surface area (Å²) in [6.45, 7) is 0. The van der Waals surface area contributed by atoms with Crippen LogP contribution in [0.2, 0.25) is 0 Å². The van der Waals surface area contributed by atoms with Crippen LogP contribution in [0.3, 0.4) is 0 Å². The van der Waals surface area contributed by atoms with E-state index in [4.69, 9.17) is 0 Å². The standard InChI is InChI=1S/C6H3BrN2S2/c7-4-2-1-3-5-6(4)10-9-11-8-5/h1-3H. The van der Waals surface area contributed by atoms with Gasteiger partial charge in [0.15, 0.2) is 0 Å². The molecule has 5 heteroatoms. The number of halogens is 1. The molecule has 0 aliphatic carbocycles. The number of nitrogens with zero attached hydrogens (tertiary/aromatic N) is 2. The lowest BCUT2D eigenvalue weighted by molar-refractivity contribution is 1.35. The Bertz CT molecular complexity index is 358. The van der Waals surface area contributed by atoms with Crippen molar-refractivity contribution < 1.29 is 0 Å². The molecule has 0 unspecified atom stereocenters. The first-order valence-corrected chi connectivity index (χ1v) is 5.21. The highest BCUT2D eigenvalue weighted by atomic mass is 79.9. The van der Waals surface area contributed by atoms with Gasteiger partial charge in [0.1, 0.15) is 0 Å². The van der Waals surface area contributed by atoms with E-state index in [9.17, 15) is 0 Å². The molecule has 1 aliphatic rings. The number of rotatable bonds is 0. The van der Waals surface area contributed by atoms with Crippen LogP contribution >= 0.6 is 27.9 Å². The van der Waals surface area contributed by atoms with Gasteiger partial charge in [0.2, 0.25) is 0 Å². The van der Waals surface area contributed by atoms with Crippen molar-refractivity contribution in [3.63, 3.8) is 0 Å². The Morgan fingerprint density at radius 3 is 3.09 bits per heavy atom. The minimum Gasteiger partial charge on any atom is -0.174 e. The zero-order chi connectivity index (χ0) is 7.68. The fourth-order valence-corrected chi connectivity index (χ4v) is 2.57. The Morgan fingerprint density at radius 2 is 2.27 bits per heavy atom. The minimum atomic E-state index is 1.00. The Morgan fingerprint density at radius 1 is 1.36 bits per heavy atom. The van der Waals surface area contributed by atoms with Crippen molar-refractivity contribution in [2.45, 2.75) is 4.90 Å². The highest BCUT2D eigenvalue weighted by Crippen LogP contribution is 2.38. The van der Waals surface area contributed by atoms with Gasteiger partial charge in [-0.1, -0.05) is 6.07 Å². The van der Waals surface area contributed by atoms with Crippen molar-refractivity contribution in [3.8, 4) is 0 Å². The van der Waals surface area contributed by atoms with Gasteiger partial charge >= 0.3 is 0 Å². The summed E-state index contributed by atoms with van der Waals surface area (Å²) in [7, 11) is 0. The van der Waals surface area contributed by atoms with Crippen LogP contribution in [0.1, 0.15) is 0 Å². The van der Waals surface area contributed by atoms with Crippen LogP contribution in [-0.4, -0.2) is 0 Å². The van der Waals surface area contributed by atoms with Gasteiger partial charge in [-0.2, -0.15) is 4.36 Å². The summed E-state index contributed by atoms with van der Waals surface area (Å²) in [5, 5.41) is 0. The maximum atomic E-state index is 4.15. The van der Waals surface area contributed by atoms with Crippen LogP contribution in [0.4, 0.5) is 5.69 Å². The topological polar surface area (TPSA) is 24.7 Å². The molecule has 2 rings (SSSR count). The second-order valence-corrected chi connectivity index (χ2v) is 4.31. The summed E-state index contributed by atoms with van der Waals surface area (Å²) >= 11 is 6.13. The van der Waals surface area contributed by atoms with Gasteiger partial charge in [-0.15, -0.1) is 3.77 Å². The minimum absolute atomic E-state index is 1.00. The summed E-state index contributed by atoms with van der Waals surface area (Å²) in [6.07, 6.45) is 0. The molecule has 0 atom stereocenters. The maximum Gasteiger partial charge on any atom is 0.0942 e. The molecule has 56 valence electrons. The number of fused-ring (bicyclic) bond motifs is 1. The lowest BCUT2D eigenvalue weighted by atomic mass is 10.3. The summed E-state index contributed by atoms with van der Waals surface area (Å²) in [5.41, 5.74) is 1.00. The molecule has 1 aromatic carbocycles. The third-order valence-electron chi connectivity index (χ3n) is 1.25. The summed E-state index contributed by atoms with van der Waals surface area (Å²) in [5.74, 6) is 0. The number of benzene rings is 1. The first kappa shape index (κ1) is 7.52. The average molecular weight is 247 g/mol. The molecule has 0 saturated heterocycles. The fraction of sp³-hybridized carbons (Fsp3) is 0. The van der Waals surface area contributed by atoms with Crippen molar-refractivity contribution >= 4 is 44.9 Å². The van der Waals surface area contributed by atoms with Gasteiger partial charge < -0.3 is 0 Å². The molecule has 1 heterocycles. The number of hydrogen-bond acceptors (Lipinski definition) is 3. The lowest BCUT2D eigenvalue weighted by Gasteiger charge is -2.03. The van der Waals surface area contributed by atoms with Crippen molar-refractivity contribution in [2.24, 2.45) is 8.13 Å². The van der Waals surface area contributed by atoms with Gasteiger partial charge in [-0.25, -0.2) is 0 Å². The molecular weight excluding hydrogens is 244 g/mol. The lowest BCUT2D eigenvalue weighted by Crippen LogP contribution is -1.76. The molecule has 0 N–H and O–H groups in total. The Balaban J connectivity index is 2.67. The third kappa shape index (κ3) is 1.40. The monoisotopic (exact) mass is 246 g/mol. The molecule has 0 aromatic heterocycles. The zero-order valence-corrected chi connectivity index (χ0v) is 8.54. The van der Waals surface area contributed by atoms with E-state index >= 15 is 0 Å². The third-order valence-corrected chi connectivity index (χ3v) is 3.63. The van der Waals surface area contributed by atoms with E-state index in [2.05, 4.69) is 24.1 Å². The largest absolute Gasteiger partial charge is 0.174 e. The molecule has 0 amide bonds. The van der Waals surface area contributed by atoms with Crippen molar-refractivity contribution in [3.05, 3.63) is 22.7 Å². The van der Waals surface area contributed by atoms with Crippen LogP contribution in [0.5, 0.6) is 0 Å². The van der Waals surface area contributed by atoms with E-state index in [-0.39, 0.29) is 0 Å². The fourth-order valence-electron chi connectivity index (χ4n) is 0.774. The van der Waals surface area contributed by atoms with Crippen LogP contribution < -0.4 is 0 Å². The molecule has 1 aliphatic heterocycles. The van der Waals surface area contributed by atoms with Crippen molar-refractivity contribution in [1.29, 1.82) is 0 Å². The molecule has 0 saturated carbocycles. The predicted molar refractivity (Wildman–Crippen MR) is 51.9 cm³/mol. The van der Waals surface area contributed by atoms with E-state index in [0.717, 1.165) is 15.1 Å². The van der Waals surface area contributed by atoms with E-state index in [1.165, 1.54) is 23.3 Å². The quantitative estimate of drug-likeness (QED) is 0.643. The summed E-state index contributed by atoms with van der Waals surface area (Å²) in [4.78, 5) is 1.10. The second-order valence-electron chi connectivity index (χ2n) is 1.93. The van der Waals surface area contributed by atoms with Crippen LogP contribution in [0.15, 0.2) is 35.7 Å². The Hall–Kier alpha value is -0.130.